The lowest BCUT2D eigenvalue weighted by atomic mass is 10.2. The van der Waals surface area contributed by atoms with Crippen molar-refractivity contribution in [3.8, 4) is 32.7 Å². The van der Waals surface area contributed by atoms with Gasteiger partial charge in [0.05, 0.1) is 11.9 Å². The smallest absolute Gasteiger partial charge is 0.266 e. The number of hydrogen-bond acceptors (Lipinski definition) is 9. The molecule has 0 spiro atoms. The van der Waals surface area contributed by atoms with Crippen molar-refractivity contribution in [2.45, 2.75) is 4.90 Å². The second-order valence-corrected chi connectivity index (χ2v) is 8.85. The molecule has 28 heavy (non-hydrogen) atoms. The highest BCUT2D eigenvalue weighted by molar-refractivity contribution is 7.93. The highest BCUT2D eigenvalue weighted by Gasteiger charge is 2.35. The first-order chi connectivity index (χ1) is 13.6. The van der Waals surface area contributed by atoms with Crippen molar-refractivity contribution >= 4 is 27.0 Å². The van der Waals surface area contributed by atoms with Crippen LogP contribution in [0.3, 0.4) is 0 Å². The Morgan fingerprint density at radius 1 is 0.964 bits per heavy atom. The van der Waals surface area contributed by atoms with Crippen LogP contribution in [0.15, 0.2) is 53.8 Å². The molecule has 5 rings (SSSR count). The minimum atomic E-state index is -3.69. The van der Waals surface area contributed by atoms with Crippen molar-refractivity contribution in [2.75, 3.05) is 11.4 Å². The van der Waals surface area contributed by atoms with Gasteiger partial charge in [-0.05, 0) is 30.3 Å². The molecule has 4 aromatic heterocycles. The van der Waals surface area contributed by atoms with Gasteiger partial charge in [0.25, 0.3) is 10.0 Å². The van der Waals surface area contributed by atoms with Gasteiger partial charge in [0.2, 0.25) is 0 Å². The molecular weight excluding hydrogens is 398 g/mol. The summed E-state index contributed by atoms with van der Waals surface area (Å²) in [6.07, 6.45) is 4.76. The van der Waals surface area contributed by atoms with Gasteiger partial charge in [-0.25, -0.2) is 13.4 Å². The molecule has 0 radical (unpaired) electrons. The Morgan fingerprint density at radius 2 is 1.82 bits per heavy atom. The van der Waals surface area contributed by atoms with Crippen LogP contribution in [-0.4, -0.2) is 45.8 Å². The Bertz CT molecular complexity index is 1310. The predicted octanol–water partition coefficient (Wildman–Crippen LogP) is 2.26. The van der Waals surface area contributed by atoms with Crippen LogP contribution >= 0.6 is 11.3 Å². The highest BCUT2D eigenvalue weighted by Crippen LogP contribution is 2.41. The maximum Gasteiger partial charge on any atom is 0.266 e. The van der Waals surface area contributed by atoms with Crippen molar-refractivity contribution in [3.05, 3.63) is 48.9 Å². The Kier molecular flexibility index (Phi) is 3.67. The van der Waals surface area contributed by atoms with E-state index in [1.165, 1.54) is 35.0 Å². The molecule has 0 saturated heterocycles. The van der Waals surface area contributed by atoms with E-state index in [4.69, 9.17) is 0 Å². The number of hydrogen-bond donors (Lipinski definition) is 0. The molecule has 5 heterocycles. The average Bonchev–Trinajstić information content (AvgIpc) is 3.23. The Morgan fingerprint density at radius 3 is 2.64 bits per heavy atom. The van der Waals surface area contributed by atoms with Gasteiger partial charge in [-0.2, -0.15) is 5.10 Å². The first kappa shape index (κ1) is 16.8. The molecule has 0 atom stereocenters. The summed E-state index contributed by atoms with van der Waals surface area (Å²) in [6.45, 7) is 0. The normalized spacial score (nSPS) is 14.4. The molecule has 0 aliphatic carbocycles. The first-order valence-electron chi connectivity index (χ1n) is 8.12. The number of aromatic nitrogens is 6. The molecule has 9 nitrogen and oxygen atoms in total. The number of pyridine rings is 2. The van der Waals surface area contributed by atoms with Crippen molar-refractivity contribution in [3.63, 3.8) is 0 Å². The summed E-state index contributed by atoms with van der Waals surface area (Å²) in [7, 11) is -2.19. The lowest BCUT2D eigenvalue weighted by molar-refractivity contribution is 0.592. The summed E-state index contributed by atoms with van der Waals surface area (Å²) in [6, 6.07) is 8.58. The van der Waals surface area contributed by atoms with Crippen molar-refractivity contribution in [2.24, 2.45) is 0 Å². The number of fused-ring (bicyclic) bond motifs is 3. The van der Waals surface area contributed by atoms with Gasteiger partial charge >= 0.3 is 0 Å². The van der Waals surface area contributed by atoms with E-state index in [1.807, 2.05) is 12.1 Å². The van der Waals surface area contributed by atoms with Gasteiger partial charge in [0, 0.05) is 25.0 Å². The maximum absolute atomic E-state index is 12.7. The van der Waals surface area contributed by atoms with Crippen LogP contribution < -0.4 is 4.31 Å². The van der Waals surface area contributed by atoms with E-state index in [-0.39, 0.29) is 10.6 Å². The van der Waals surface area contributed by atoms with E-state index in [0.717, 1.165) is 10.6 Å². The molecule has 0 N–H and O–H groups in total. The molecule has 138 valence electrons. The second-order valence-electron chi connectivity index (χ2n) is 5.93. The lowest BCUT2D eigenvalue weighted by Crippen LogP contribution is -2.31. The zero-order chi connectivity index (χ0) is 19.3. The minimum absolute atomic E-state index is 0.0791. The maximum atomic E-state index is 12.7. The molecule has 0 bridgehead atoms. The molecule has 0 amide bonds. The standard InChI is InChI=1S/C17H11N7O2S2/c1-24-12-5-4-11(17-23-22-16(27-17)10-3-2-7-18-9-10)20-14(12)15-13(28(24,25)26)6-8-19-21-15/h2-9H,1H3. The second kappa shape index (κ2) is 6.11. The fraction of sp³-hybridized carbons (Fsp3) is 0.0588. The van der Waals surface area contributed by atoms with E-state index in [0.29, 0.717) is 22.1 Å². The van der Waals surface area contributed by atoms with Crippen molar-refractivity contribution < 1.29 is 8.42 Å². The Labute approximate surface area is 163 Å². The Balaban J connectivity index is 1.64. The fourth-order valence-electron chi connectivity index (χ4n) is 2.90. The van der Waals surface area contributed by atoms with Gasteiger partial charge < -0.3 is 0 Å². The van der Waals surface area contributed by atoms with E-state index < -0.39 is 10.0 Å². The van der Waals surface area contributed by atoms with Crippen LogP contribution in [0.25, 0.3) is 32.7 Å². The van der Waals surface area contributed by atoms with Crippen LogP contribution in [0.1, 0.15) is 0 Å². The number of rotatable bonds is 2. The first-order valence-corrected chi connectivity index (χ1v) is 10.4. The molecule has 4 aromatic rings. The molecule has 11 heteroatoms. The lowest BCUT2D eigenvalue weighted by Gasteiger charge is -2.27. The average molecular weight is 409 g/mol. The van der Waals surface area contributed by atoms with Crippen LogP contribution in [0, 0.1) is 0 Å². The van der Waals surface area contributed by atoms with Gasteiger partial charge in [0.1, 0.15) is 27.0 Å². The summed E-state index contributed by atoms with van der Waals surface area (Å²) in [5, 5.41) is 17.6. The van der Waals surface area contributed by atoms with E-state index in [9.17, 15) is 8.42 Å². The minimum Gasteiger partial charge on any atom is -0.267 e. The molecule has 0 aromatic carbocycles. The third-order valence-corrected chi connectivity index (χ3v) is 7.11. The molecule has 0 unspecified atom stereocenters. The van der Waals surface area contributed by atoms with Gasteiger partial charge in [-0.1, -0.05) is 11.3 Å². The zero-order valence-electron chi connectivity index (χ0n) is 14.4. The molecule has 1 aliphatic heterocycles. The van der Waals surface area contributed by atoms with E-state index in [2.05, 4.69) is 30.4 Å². The third-order valence-electron chi connectivity index (χ3n) is 4.31. The van der Waals surface area contributed by atoms with Crippen LogP contribution in [0.5, 0.6) is 0 Å². The molecular formula is C17H11N7O2S2. The molecule has 0 saturated carbocycles. The van der Waals surface area contributed by atoms with Crippen LogP contribution in [-0.2, 0) is 10.0 Å². The molecule has 0 fully saturated rings. The van der Waals surface area contributed by atoms with Crippen LogP contribution in [0.2, 0.25) is 0 Å². The van der Waals surface area contributed by atoms with Crippen molar-refractivity contribution in [1.29, 1.82) is 0 Å². The highest BCUT2D eigenvalue weighted by atomic mass is 32.2. The third kappa shape index (κ3) is 2.47. The van der Waals surface area contributed by atoms with E-state index in [1.54, 1.807) is 24.5 Å². The zero-order valence-corrected chi connectivity index (χ0v) is 16.0. The van der Waals surface area contributed by atoms with Crippen molar-refractivity contribution in [1.82, 2.24) is 30.4 Å². The quantitative estimate of drug-likeness (QED) is 0.495. The fourth-order valence-corrected chi connectivity index (χ4v) is 5.02. The Hall–Kier alpha value is -3.31. The summed E-state index contributed by atoms with van der Waals surface area (Å²) in [5.74, 6) is 0. The SMILES string of the molecule is CN1c2ccc(-c3nnc(-c4cccnc4)s3)nc2-c2nnccc2S1(=O)=O. The summed E-state index contributed by atoms with van der Waals surface area (Å²) in [4.78, 5) is 8.80. The monoisotopic (exact) mass is 409 g/mol. The number of anilines is 1. The van der Waals surface area contributed by atoms with E-state index >= 15 is 0 Å². The number of sulfonamides is 1. The largest absolute Gasteiger partial charge is 0.267 e. The molecule has 1 aliphatic rings. The summed E-state index contributed by atoms with van der Waals surface area (Å²) < 4.78 is 26.6. The van der Waals surface area contributed by atoms with Crippen LogP contribution in [0.4, 0.5) is 5.69 Å². The van der Waals surface area contributed by atoms with Gasteiger partial charge in [-0.3, -0.25) is 9.29 Å². The summed E-state index contributed by atoms with van der Waals surface area (Å²) in [5.41, 5.74) is 2.56. The van der Waals surface area contributed by atoms with Gasteiger partial charge in [-0.15, -0.1) is 15.3 Å². The topological polar surface area (TPSA) is 115 Å². The number of nitrogens with zero attached hydrogens (tertiary/aromatic N) is 7. The summed E-state index contributed by atoms with van der Waals surface area (Å²) >= 11 is 1.38. The predicted molar refractivity (Wildman–Crippen MR) is 103 cm³/mol. The van der Waals surface area contributed by atoms with Gasteiger partial charge in [0.15, 0.2) is 5.01 Å².